The largest absolute Gasteiger partial charge is 0.462 e. The van der Waals surface area contributed by atoms with E-state index in [1.54, 1.807) is 18.2 Å². The summed E-state index contributed by atoms with van der Waals surface area (Å²) >= 11 is 5.91. The standard InChI is InChI=1S/C13H18ClNO2/c1-2-3-4-5-8-17-13(16)11-7-6-10(15)9-12(11)14/h6-7,9H,2-5,8,15H2,1H3. The third-order valence-electron chi connectivity index (χ3n) is 2.44. The van der Waals surface area contributed by atoms with E-state index in [0.29, 0.717) is 22.9 Å². The molecule has 1 rings (SSSR count). The van der Waals surface area contributed by atoms with Crippen LogP contribution < -0.4 is 5.73 Å². The Kier molecular flexibility index (Phi) is 5.84. The number of carbonyl (C=O) groups excluding carboxylic acids is 1. The molecule has 0 aliphatic rings. The van der Waals surface area contributed by atoms with Crippen molar-refractivity contribution in [2.45, 2.75) is 32.6 Å². The van der Waals surface area contributed by atoms with Gasteiger partial charge in [-0.15, -0.1) is 0 Å². The molecule has 94 valence electrons. The van der Waals surface area contributed by atoms with E-state index in [1.165, 1.54) is 6.42 Å². The minimum Gasteiger partial charge on any atom is -0.462 e. The van der Waals surface area contributed by atoms with Crippen molar-refractivity contribution in [3.63, 3.8) is 0 Å². The van der Waals surface area contributed by atoms with Crippen molar-refractivity contribution >= 4 is 23.3 Å². The molecule has 3 nitrogen and oxygen atoms in total. The highest BCUT2D eigenvalue weighted by Gasteiger charge is 2.11. The van der Waals surface area contributed by atoms with E-state index in [-0.39, 0.29) is 5.97 Å². The summed E-state index contributed by atoms with van der Waals surface area (Å²) in [5.74, 6) is -0.383. The number of ether oxygens (including phenoxy) is 1. The number of halogens is 1. The summed E-state index contributed by atoms with van der Waals surface area (Å²) in [7, 11) is 0. The van der Waals surface area contributed by atoms with E-state index in [4.69, 9.17) is 22.1 Å². The molecule has 0 radical (unpaired) electrons. The molecule has 0 saturated heterocycles. The van der Waals surface area contributed by atoms with Crippen LogP contribution in [-0.4, -0.2) is 12.6 Å². The van der Waals surface area contributed by atoms with Gasteiger partial charge >= 0.3 is 5.97 Å². The number of nitrogen functional groups attached to an aromatic ring is 1. The first-order chi connectivity index (χ1) is 8.15. The Bertz CT molecular complexity index is 380. The lowest BCUT2D eigenvalue weighted by molar-refractivity contribution is 0.0498. The van der Waals surface area contributed by atoms with Gasteiger partial charge in [0.25, 0.3) is 0 Å². The molecule has 0 heterocycles. The molecule has 0 amide bonds. The SMILES string of the molecule is CCCCCCOC(=O)c1ccc(N)cc1Cl. The van der Waals surface area contributed by atoms with Crippen molar-refractivity contribution in [3.05, 3.63) is 28.8 Å². The fraction of sp³-hybridized carbons (Fsp3) is 0.462. The van der Waals surface area contributed by atoms with Crippen molar-refractivity contribution in [2.75, 3.05) is 12.3 Å². The second-order valence-electron chi connectivity index (χ2n) is 3.94. The van der Waals surface area contributed by atoms with Crippen LogP contribution in [0.15, 0.2) is 18.2 Å². The number of unbranched alkanes of at least 4 members (excludes halogenated alkanes) is 3. The van der Waals surface area contributed by atoms with Crippen molar-refractivity contribution < 1.29 is 9.53 Å². The first kappa shape index (κ1) is 13.8. The second kappa shape index (κ2) is 7.17. The number of hydrogen-bond donors (Lipinski definition) is 1. The number of carbonyl (C=O) groups is 1. The third-order valence-corrected chi connectivity index (χ3v) is 2.76. The molecule has 0 bridgehead atoms. The van der Waals surface area contributed by atoms with Gasteiger partial charge in [-0.25, -0.2) is 4.79 Å². The van der Waals surface area contributed by atoms with Crippen LogP contribution in [0, 0.1) is 0 Å². The maximum Gasteiger partial charge on any atom is 0.339 e. The Labute approximate surface area is 107 Å². The zero-order chi connectivity index (χ0) is 12.7. The van der Waals surface area contributed by atoms with Gasteiger partial charge < -0.3 is 10.5 Å². The molecule has 0 aliphatic heterocycles. The Morgan fingerprint density at radius 2 is 2.12 bits per heavy atom. The summed E-state index contributed by atoms with van der Waals surface area (Å²) < 4.78 is 5.13. The highest BCUT2D eigenvalue weighted by Crippen LogP contribution is 2.20. The van der Waals surface area contributed by atoms with E-state index >= 15 is 0 Å². The molecule has 0 unspecified atom stereocenters. The summed E-state index contributed by atoms with van der Waals surface area (Å²) in [6.07, 6.45) is 4.31. The maximum atomic E-state index is 11.7. The molecule has 0 atom stereocenters. The van der Waals surface area contributed by atoms with Gasteiger partial charge in [0.2, 0.25) is 0 Å². The lowest BCUT2D eigenvalue weighted by atomic mass is 10.2. The molecule has 17 heavy (non-hydrogen) atoms. The van der Waals surface area contributed by atoms with Crippen LogP contribution in [0.25, 0.3) is 0 Å². The summed E-state index contributed by atoms with van der Waals surface area (Å²) in [4.78, 5) is 11.7. The topological polar surface area (TPSA) is 52.3 Å². The van der Waals surface area contributed by atoms with Gasteiger partial charge in [-0.3, -0.25) is 0 Å². The minimum atomic E-state index is -0.383. The predicted octanol–water partition coefficient (Wildman–Crippen LogP) is 3.66. The van der Waals surface area contributed by atoms with Crippen molar-refractivity contribution in [1.82, 2.24) is 0 Å². The van der Waals surface area contributed by atoms with Crippen molar-refractivity contribution in [3.8, 4) is 0 Å². The molecule has 0 aliphatic carbocycles. The summed E-state index contributed by atoms with van der Waals surface area (Å²) in [5.41, 5.74) is 6.45. The van der Waals surface area contributed by atoms with Crippen molar-refractivity contribution in [1.29, 1.82) is 0 Å². The third kappa shape index (κ3) is 4.65. The summed E-state index contributed by atoms with van der Waals surface area (Å²) in [6, 6.07) is 4.78. The normalized spacial score (nSPS) is 10.2. The number of benzene rings is 1. The van der Waals surface area contributed by atoms with Crippen LogP contribution >= 0.6 is 11.6 Å². The average Bonchev–Trinajstić information content (AvgIpc) is 2.28. The zero-order valence-electron chi connectivity index (χ0n) is 10.0. The molecular formula is C13H18ClNO2. The van der Waals surface area contributed by atoms with E-state index in [1.807, 2.05) is 0 Å². The second-order valence-corrected chi connectivity index (χ2v) is 4.34. The van der Waals surface area contributed by atoms with E-state index in [9.17, 15) is 4.79 Å². The molecule has 0 fully saturated rings. The summed E-state index contributed by atoms with van der Waals surface area (Å²) in [5, 5.41) is 0.337. The van der Waals surface area contributed by atoms with Gasteiger partial charge in [0.1, 0.15) is 0 Å². The van der Waals surface area contributed by atoms with Gasteiger partial charge in [-0.1, -0.05) is 37.8 Å². The molecule has 4 heteroatoms. The predicted molar refractivity (Wildman–Crippen MR) is 70.3 cm³/mol. The number of hydrogen-bond acceptors (Lipinski definition) is 3. The summed E-state index contributed by atoms with van der Waals surface area (Å²) in [6.45, 7) is 2.58. The Hall–Kier alpha value is -1.22. The monoisotopic (exact) mass is 255 g/mol. The lowest BCUT2D eigenvalue weighted by Gasteiger charge is -2.06. The molecule has 1 aromatic carbocycles. The molecule has 1 aromatic rings. The van der Waals surface area contributed by atoms with Gasteiger partial charge in [-0.05, 0) is 24.6 Å². The van der Waals surface area contributed by atoms with Crippen LogP contribution in [0.5, 0.6) is 0 Å². The first-order valence-electron chi connectivity index (χ1n) is 5.87. The molecule has 0 spiro atoms. The zero-order valence-corrected chi connectivity index (χ0v) is 10.8. The van der Waals surface area contributed by atoms with Crippen LogP contribution in [0.4, 0.5) is 5.69 Å². The van der Waals surface area contributed by atoms with Crippen LogP contribution in [-0.2, 0) is 4.74 Å². The molecule has 0 aromatic heterocycles. The fourth-order valence-electron chi connectivity index (χ4n) is 1.47. The van der Waals surface area contributed by atoms with E-state index in [2.05, 4.69) is 6.92 Å². The van der Waals surface area contributed by atoms with Crippen LogP contribution in [0.2, 0.25) is 5.02 Å². The molecule has 2 N–H and O–H groups in total. The van der Waals surface area contributed by atoms with Crippen LogP contribution in [0.1, 0.15) is 43.0 Å². The van der Waals surface area contributed by atoms with Gasteiger partial charge in [0, 0.05) is 5.69 Å². The Morgan fingerprint density at radius 3 is 2.76 bits per heavy atom. The Morgan fingerprint density at radius 1 is 1.35 bits per heavy atom. The highest BCUT2D eigenvalue weighted by atomic mass is 35.5. The first-order valence-corrected chi connectivity index (χ1v) is 6.25. The molecule has 0 saturated carbocycles. The van der Waals surface area contributed by atoms with Crippen molar-refractivity contribution in [2.24, 2.45) is 0 Å². The quantitative estimate of drug-likeness (QED) is 0.479. The number of rotatable bonds is 6. The van der Waals surface area contributed by atoms with Gasteiger partial charge in [-0.2, -0.15) is 0 Å². The Balaban J connectivity index is 2.42. The van der Waals surface area contributed by atoms with Gasteiger partial charge in [0.15, 0.2) is 0 Å². The fourth-order valence-corrected chi connectivity index (χ4v) is 1.73. The smallest absolute Gasteiger partial charge is 0.339 e. The maximum absolute atomic E-state index is 11.7. The highest BCUT2D eigenvalue weighted by molar-refractivity contribution is 6.33. The van der Waals surface area contributed by atoms with E-state index in [0.717, 1.165) is 19.3 Å². The number of esters is 1. The van der Waals surface area contributed by atoms with Gasteiger partial charge in [0.05, 0.1) is 17.2 Å². The lowest BCUT2D eigenvalue weighted by Crippen LogP contribution is -2.07. The number of anilines is 1. The van der Waals surface area contributed by atoms with Crippen LogP contribution in [0.3, 0.4) is 0 Å². The molecular weight excluding hydrogens is 238 g/mol. The van der Waals surface area contributed by atoms with E-state index < -0.39 is 0 Å². The number of nitrogens with two attached hydrogens (primary N) is 1. The minimum absolute atomic E-state index is 0.337. The average molecular weight is 256 g/mol.